The molecule has 4 atom stereocenters. The van der Waals surface area contributed by atoms with Gasteiger partial charge in [0.25, 0.3) is 0 Å². The van der Waals surface area contributed by atoms with E-state index in [0.717, 1.165) is 51.2 Å². The average molecular weight is 609 g/mol. The van der Waals surface area contributed by atoms with Crippen LogP contribution in [0, 0.1) is 31.6 Å². The summed E-state index contributed by atoms with van der Waals surface area (Å²) in [6.07, 6.45) is 4.24. The van der Waals surface area contributed by atoms with E-state index in [0.29, 0.717) is 37.1 Å². The summed E-state index contributed by atoms with van der Waals surface area (Å²) in [5.74, 6) is -2.15. The summed E-state index contributed by atoms with van der Waals surface area (Å²) < 4.78 is 0. The van der Waals surface area contributed by atoms with Crippen molar-refractivity contribution < 1.29 is 24.9 Å². The van der Waals surface area contributed by atoms with Gasteiger partial charge in [-0.3, -0.25) is 14.5 Å². The van der Waals surface area contributed by atoms with E-state index < -0.39 is 23.9 Å². The lowest BCUT2D eigenvalue weighted by molar-refractivity contribution is -0.123. The fraction of sp³-hybridized carbons (Fsp3) is 0.368. The number of aliphatic hydroxyl groups is 2. The first-order valence-electron chi connectivity index (χ1n) is 15.9. The number of phenols is 1. The Morgan fingerprint density at radius 1 is 1.00 bits per heavy atom. The van der Waals surface area contributed by atoms with Crippen molar-refractivity contribution >= 4 is 35.0 Å². The number of imide groups is 1. The first-order valence-corrected chi connectivity index (χ1v) is 15.9. The smallest absolute Gasteiger partial charge is 0.238 e. The van der Waals surface area contributed by atoms with Gasteiger partial charge in [-0.1, -0.05) is 48.8 Å². The number of hydrogen-bond acceptors (Lipinski definition) is 6. The first kappa shape index (κ1) is 32.2. The summed E-state index contributed by atoms with van der Waals surface area (Å²) in [4.78, 5) is 29.0. The molecule has 2 aliphatic rings. The molecule has 1 aliphatic carbocycles. The zero-order chi connectivity index (χ0) is 32.2. The second-order valence-corrected chi connectivity index (χ2v) is 12.5. The molecule has 236 valence electrons. The maximum Gasteiger partial charge on any atom is 0.238 e. The van der Waals surface area contributed by atoms with Crippen molar-refractivity contribution in [1.82, 2.24) is 0 Å². The van der Waals surface area contributed by atoms with E-state index in [4.69, 9.17) is 0 Å². The number of aliphatic hydroxyl groups excluding tert-OH is 2. The lowest BCUT2D eigenvalue weighted by Crippen LogP contribution is -2.39. The molecule has 7 nitrogen and oxygen atoms in total. The van der Waals surface area contributed by atoms with Crippen molar-refractivity contribution in [2.45, 2.75) is 65.9 Å². The summed E-state index contributed by atoms with van der Waals surface area (Å²) in [7, 11) is 0. The number of amides is 2. The Kier molecular flexibility index (Phi) is 9.90. The fourth-order valence-electron chi connectivity index (χ4n) is 7.08. The molecule has 4 N–H and O–H groups in total. The van der Waals surface area contributed by atoms with E-state index in [9.17, 15) is 24.9 Å². The van der Waals surface area contributed by atoms with Crippen LogP contribution in [-0.4, -0.2) is 39.8 Å². The van der Waals surface area contributed by atoms with Gasteiger partial charge in [-0.15, -0.1) is 0 Å². The Hall–Kier alpha value is -4.20. The minimum Gasteiger partial charge on any atom is -0.507 e. The van der Waals surface area contributed by atoms with Crippen LogP contribution in [0.5, 0.6) is 5.75 Å². The maximum atomic E-state index is 13.9. The summed E-state index contributed by atoms with van der Waals surface area (Å²) in [5.41, 5.74) is 7.71. The number of fused-ring (bicyclic) bond motifs is 1. The third-order valence-corrected chi connectivity index (χ3v) is 9.22. The topological polar surface area (TPSA) is 110 Å². The number of hydrogen-bond donors (Lipinski definition) is 4. The zero-order valence-electron chi connectivity index (χ0n) is 26.6. The average Bonchev–Trinajstić information content (AvgIpc) is 3.27. The SMILES string of the molecule is CCCC1=C([C@H](O)CC/C(C)=C/c2cc(C)c(O)c(C)c2)[C@H](CO)[C@@H]2C(=O)N(c3ccc(Nc4ccccc4)cc3)C(=O)[C@@H]2C1. The fourth-order valence-corrected chi connectivity index (χ4v) is 7.08. The number of aryl methyl sites for hydroxylation is 2. The van der Waals surface area contributed by atoms with Gasteiger partial charge in [-0.25, -0.2) is 0 Å². The first-order chi connectivity index (χ1) is 21.6. The van der Waals surface area contributed by atoms with Crippen LogP contribution in [0.1, 0.15) is 62.6 Å². The molecule has 0 spiro atoms. The molecule has 0 saturated carbocycles. The molecule has 0 unspecified atom stereocenters. The van der Waals surface area contributed by atoms with Crippen molar-refractivity contribution in [3.8, 4) is 5.75 Å². The second-order valence-electron chi connectivity index (χ2n) is 12.5. The van der Waals surface area contributed by atoms with Crippen LogP contribution < -0.4 is 10.2 Å². The third-order valence-electron chi connectivity index (χ3n) is 9.22. The Morgan fingerprint density at radius 3 is 2.27 bits per heavy atom. The number of rotatable bonds is 11. The maximum absolute atomic E-state index is 13.9. The van der Waals surface area contributed by atoms with Crippen LogP contribution in [0.25, 0.3) is 6.08 Å². The lowest BCUT2D eigenvalue weighted by atomic mass is 9.67. The Balaban J connectivity index is 1.34. The van der Waals surface area contributed by atoms with Crippen LogP contribution in [-0.2, 0) is 9.59 Å². The lowest BCUT2D eigenvalue weighted by Gasteiger charge is -2.36. The van der Waals surface area contributed by atoms with Crippen molar-refractivity contribution in [3.05, 3.63) is 100 Å². The van der Waals surface area contributed by atoms with Crippen LogP contribution in [0.4, 0.5) is 17.1 Å². The van der Waals surface area contributed by atoms with E-state index in [1.807, 2.05) is 75.4 Å². The third kappa shape index (κ3) is 6.75. The number of aromatic hydroxyl groups is 1. The van der Waals surface area contributed by atoms with Gasteiger partial charge in [0.05, 0.1) is 30.2 Å². The normalized spacial score (nSPS) is 20.9. The summed E-state index contributed by atoms with van der Waals surface area (Å²) >= 11 is 0. The van der Waals surface area contributed by atoms with Crippen LogP contribution in [0.15, 0.2) is 83.4 Å². The predicted octanol–water partition coefficient (Wildman–Crippen LogP) is 7.21. The number of phenolic OH excluding ortho intramolecular Hbond substituents is 1. The number of allylic oxidation sites excluding steroid dienone is 2. The van der Waals surface area contributed by atoms with Crippen LogP contribution in [0.3, 0.4) is 0 Å². The molecular weight excluding hydrogens is 564 g/mol. The van der Waals surface area contributed by atoms with Gasteiger partial charge in [0.15, 0.2) is 0 Å². The largest absolute Gasteiger partial charge is 0.507 e. The predicted molar refractivity (Wildman–Crippen MR) is 179 cm³/mol. The Morgan fingerprint density at radius 2 is 1.64 bits per heavy atom. The monoisotopic (exact) mass is 608 g/mol. The van der Waals surface area contributed by atoms with Gasteiger partial charge >= 0.3 is 0 Å². The number of anilines is 3. The number of carbonyl (C=O) groups excluding carboxylic acids is 2. The van der Waals surface area contributed by atoms with E-state index in [1.165, 1.54) is 4.90 Å². The molecule has 7 heteroatoms. The van der Waals surface area contributed by atoms with Gasteiger partial charge < -0.3 is 20.6 Å². The molecule has 1 heterocycles. The molecule has 1 fully saturated rings. The van der Waals surface area contributed by atoms with Crippen LogP contribution in [0.2, 0.25) is 0 Å². The molecule has 45 heavy (non-hydrogen) atoms. The highest BCUT2D eigenvalue weighted by molar-refractivity contribution is 6.22. The molecule has 3 aromatic rings. The van der Waals surface area contributed by atoms with Crippen LogP contribution >= 0.6 is 0 Å². The van der Waals surface area contributed by atoms with E-state index in [-0.39, 0.29) is 18.4 Å². The number of nitrogens with zero attached hydrogens (tertiary/aromatic N) is 1. The molecule has 1 aliphatic heterocycles. The van der Waals surface area contributed by atoms with Gasteiger partial charge in [-0.2, -0.15) is 0 Å². The molecule has 1 saturated heterocycles. The molecule has 2 amide bonds. The standard InChI is InChI=1S/C38H44N2O5/c1-5-9-27-21-31-35(38(45)40(37(31)44)30-15-13-29(14-16-30)39-28-10-7-6-8-11-28)32(22-41)34(27)33(42)17-12-23(2)18-26-19-24(3)36(43)25(4)20-26/h6-8,10-11,13-16,18-20,31-33,35,39,41-43H,5,9,12,17,21-22H2,1-4H3/b23-18+/t31-,32+,33-,35-/m1/s1. The number of nitrogens with one attached hydrogen (secondary N) is 1. The number of para-hydroxylation sites is 1. The summed E-state index contributed by atoms with van der Waals surface area (Å²) in [6.45, 7) is 7.52. The highest BCUT2D eigenvalue weighted by atomic mass is 16.3. The van der Waals surface area contributed by atoms with E-state index in [1.54, 1.807) is 12.1 Å². The van der Waals surface area contributed by atoms with Gasteiger partial charge in [0.1, 0.15) is 5.75 Å². The van der Waals surface area contributed by atoms with Gasteiger partial charge in [0, 0.05) is 17.3 Å². The van der Waals surface area contributed by atoms with Crippen molar-refractivity contribution in [2.75, 3.05) is 16.8 Å². The van der Waals surface area contributed by atoms with Gasteiger partial charge in [-0.05, 0) is 117 Å². The van der Waals surface area contributed by atoms with Gasteiger partial charge in [0.2, 0.25) is 11.8 Å². The molecule has 3 aromatic carbocycles. The quantitative estimate of drug-likeness (QED) is 0.135. The molecule has 0 bridgehead atoms. The van der Waals surface area contributed by atoms with E-state index >= 15 is 0 Å². The summed E-state index contributed by atoms with van der Waals surface area (Å²) in [5, 5.41) is 35.7. The molecule has 0 aromatic heterocycles. The second kappa shape index (κ2) is 13.8. The van der Waals surface area contributed by atoms with E-state index in [2.05, 4.69) is 18.3 Å². The molecular formula is C38H44N2O5. The highest BCUT2D eigenvalue weighted by Crippen LogP contribution is 2.48. The number of benzene rings is 3. The van der Waals surface area contributed by atoms with Crippen molar-refractivity contribution in [1.29, 1.82) is 0 Å². The minimum absolute atomic E-state index is 0.243. The molecule has 0 radical (unpaired) electrons. The zero-order valence-corrected chi connectivity index (χ0v) is 26.6. The summed E-state index contributed by atoms with van der Waals surface area (Å²) in [6, 6.07) is 20.9. The van der Waals surface area contributed by atoms with Crippen molar-refractivity contribution in [2.24, 2.45) is 17.8 Å². The Bertz CT molecular complexity index is 1590. The number of carbonyl (C=O) groups is 2. The van der Waals surface area contributed by atoms with Crippen molar-refractivity contribution in [3.63, 3.8) is 0 Å². The molecule has 5 rings (SSSR count). The highest BCUT2D eigenvalue weighted by Gasteiger charge is 2.55. The Labute approximate surface area is 265 Å². The minimum atomic E-state index is -0.836.